The van der Waals surface area contributed by atoms with Gasteiger partial charge in [0.2, 0.25) is 0 Å². The van der Waals surface area contributed by atoms with Crippen LogP contribution >= 0.6 is 0 Å². The van der Waals surface area contributed by atoms with Gasteiger partial charge >= 0.3 is 5.97 Å². The van der Waals surface area contributed by atoms with Gasteiger partial charge < -0.3 is 5.11 Å². The second-order valence-electron chi connectivity index (χ2n) is 4.65. The van der Waals surface area contributed by atoms with E-state index >= 15 is 0 Å². The van der Waals surface area contributed by atoms with Crippen LogP contribution in [0.3, 0.4) is 0 Å². The van der Waals surface area contributed by atoms with Gasteiger partial charge in [-0.05, 0) is 5.92 Å². The number of hydrogen-bond donors (Lipinski definition) is 1. The van der Waals surface area contributed by atoms with E-state index in [0.29, 0.717) is 18.2 Å². The van der Waals surface area contributed by atoms with Crippen LogP contribution in [0, 0.1) is 5.92 Å². The standard InChI is InChI=1S/C14H17N3O2/c1-3-10(2)9-17-13(11-7-5-4-6-8-11)12(14(18)19)15-16-17/h4-8,10H,3,9H2,1-2H3,(H,18,19). The fourth-order valence-corrected chi connectivity index (χ4v) is 1.89. The van der Waals surface area contributed by atoms with Gasteiger partial charge in [0.15, 0.2) is 5.69 Å². The van der Waals surface area contributed by atoms with Crippen molar-refractivity contribution in [2.45, 2.75) is 26.8 Å². The number of aromatic nitrogens is 3. The van der Waals surface area contributed by atoms with E-state index in [0.717, 1.165) is 12.0 Å². The molecule has 1 atom stereocenters. The minimum Gasteiger partial charge on any atom is -0.476 e. The number of hydrogen-bond acceptors (Lipinski definition) is 3. The summed E-state index contributed by atoms with van der Waals surface area (Å²) in [6.45, 7) is 4.87. The average molecular weight is 259 g/mol. The lowest BCUT2D eigenvalue weighted by Gasteiger charge is -2.11. The molecular weight excluding hydrogens is 242 g/mol. The van der Waals surface area contributed by atoms with E-state index < -0.39 is 5.97 Å². The molecule has 0 spiro atoms. The Hall–Kier alpha value is -2.17. The lowest BCUT2D eigenvalue weighted by Crippen LogP contribution is -2.10. The molecule has 1 aromatic heterocycles. The highest BCUT2D eigenvalue weighted by molar-refractivity contribution is 5.92. The van der Waals surface area contributed by atoms with Crippen LogP contribution in [0.25, 0.3) is 11.3 Å². The Morgan fingerprint density at radius 3 is 2.63 bits per heavy atom. The van der Waals surface area contributed by atoms with Crippen LogP contribution < -0.4 is 0 Å². The third-order valence-electron chi connectivity index (χ3n) is 3.17. The smallest absolute Gasteiger partial charge is 0.358 e. The summed E-state index contributed by atoms with van der Waals surface area (Å²) in [6.07, 6.45) is 1.01. The highest BCUT2D eigenvalue weighted by Gasteiger charge is 2.20. The number of benzene rings is 1. The number of carbonyl (C=O) groups is 1. The summed E-state index contributed by atoms with van der Waals surface area (Å²) in [5.74, 6) is -0.625. The summed E-state index contributed by atoms with van der Waals surface area (Å²) in [7, 11) is 0. The molecule has 0 radical (unpaired) electrons. The highest BCUT2D eigenvalue weighted by atomic mass is 16.4. The molecule has 1 unspecified atom stereocenters. The van der Waals surface area contributed by atoms with E-state index in [1.807, 2.05) is 30.3 Å². The van der Waals surface area contributed by atoms with Gasteiger partial charge in [-0.2, -0.15) is 0 Å². The third kappa shape index (κ3) is 2.81. The van der Waals surface area contributed by atoms with Crippen LogP contribution in [-0.2, 0) is 6.54 Å². The Morgan fingerprint density at radius 2 is 2.05 bits per heavy atom. The number of carboxylic acids is 1. The Labute approximate surface area is 111 Å². The quantitative estimate of drug-likeness (QED) is 0.896. The van der Waals surface area contributed by atoms with Gasteiger partial charge in [0, 0.05) is 12.1 Å². The number of aromatic carboxylic acids is 1. The van der Waals surface area contributed by atoms with Crippen molar-refractivity contribution in [3.05, 3.63) is 36.0 Å². The lowest BCUT2D eigenvalue weighted by molar-refractivity contribution is 0.0691. The zero-order valence-electron chi connectivity index (χ0n) is 11.1. The predicted octanol–water partition coefficient (Wildman–Crippen LogP) is 2.69. The molecular formula is C14H17N3O2. The molecule has 1 N–H and O–H groups in total. The van der Waals surface area contributed by atoms with Gasteiger partial charge in [-0.25, -0.2) is 9.48 Å². The van der Waals surface area contributed by atoms with Crippen molar-refractivity contribution in [3.63, 3.8) is 0 Å². The maximum Gasteiger partial charge on any atom is 0.358 e. The van der Waals surface area contributed by atoms with Crippen molar-refractivity contribution >= 4 is 5.97 Å². The summed E-state index contributed by atoms with van der Waals surface area (Å²) < 4.78 is 1.69. The minimum atomic E-state index is -1.05. The zero-order chi connectivity index (χ0) is 13.8. The molecule has 0 aliphatic carbocycles. The van der Waals surface area contributed by atoms with Crippen molar-refractivity contribution in [2.75, 3.05) is 0 Å². The molecule has 0 aliphatic heterocycles. The fraction of sp³-hybridized carbons (Fsp3) is 0.357. The van der Waals surface area contributed by atoms with Crippen LogP contribution in [0.15, 0.2) is 30.3 Å². The van der Waals surface area contributed by atoms with Crippen LogP contribution in [-0.4, -0.2) is 26.1 Å². The molecule has 2 rings (SSSR count). The van der Waals surface area contributed by atoms with Crippen molar-refractivity contribution in [1.29, 1.82) is 0 Å². The molecule has 19 heavy (non-hydrogen) atoms. The van der Waals surface area contributed by atoms with Crippen LogP contribution in [0.1, 0.15) is 30.8 Å². The average Bonchev–Trinajstić information content (AvgIpc) is 2.83. The normalized spacial score (nSPS) is 12.3. The van der Waals surface area contributed by atoms with Crippen LogP contribution in [0.2, 0.25) is 0 Å². The second kappa shape index (κ2) is 5.65. The van der Waals surface area contributed by atoms with Crippen molar-refractivity contribution in [1.82, 2.24) is 15.0 Å². The van der Waals surface area contributed by atoms with E-state index in [1.165, 1.54) is 0 Å². The third-order valence-corrected chi connectivity index (χ3v) is 3.17. The molecule has 0 aliphatic rings. The first kappa shape index (κ1) is 13.3. The summed E-state index contributed by atoms with van der Waals surface area (Å²) in [5.41, 5.74) is 1.41. The molecule has 5 heteroatoms. The van der Waals surface area contributed by atoms with Gasteiger partial charge in [0.25, 0.3) is 0 Å². The number of carboxylic acid groups (broad SMARTS) is 1. The summed E-state index contributed by atoms with van der Waals surface area (Å²) >= 11 is 0. The maximum absolute atomic E-state index is 11.2. The van der Waals surface area contributed by atoms with Gasteiger partial charge in [-0.15, -0.1) is 5.10 Å². The molecule has 1 heterocycles. The molecule has 100 valence electrons. The minimum absolute atomic E-state index is 0.00880. The topological polar surface area (TPSA) is 68.0 Å². The number of rotatable bonds is 5. The predicted molar refractivity (Wildman–Crippen MR) is 71.9 cm³/mol. The lowest BCUT2D eigenvalue weighted by atomic mass is 10.1. The summed E-state index contributed by atoms with van der Waals surface area (Å²) in [4.78, 5) is 11.2. The Morgan fingerprint density at radius 1 is 1.37 bits per heavy atom. The van der Waals surface area contributed by atoms with Crippen molar-refractivity contribution in [2.24, 2.45) is 5.92 Å². The number of nitrogens with zero attached hydrogens (tertiary/aromatic N) is 3. The van der Waals surface area contributed by atoms with Gasteiger partial charge in [0.1, 0.15) is 5.69 Å². The molecule has 1 aromatic carbocycles. The van der Waals surface area contributed by atoms with Crippen molar-refractivity contribution in [3.8, 4) is 11.3 Å². The van der Waals surface area contributed by atoms with Crippen LogP contribution in [0.5, 0.6) is 0 Å². The molecule has 0 fully saturated rings. The highest BCUT2D eigenvalue weighted by Crippen LogP contribution is 2.23. The van der Waals surface area contributed by atoms with Gasteiger partial charge in [-0.3, -0.25) is 0 Å². The van der Waals surface area contributed by atoms with Crippen molar-refractivity contribution < 1.29 is 9.90 Å². The maximum atomic E-state index is 11.2. The molecule has 5 nitrogen and oxygen atoms in total. The van der Waals surface area contributed by atoms with E-state index in [2.05, 4.69) is 24.2 Å². The van der Waals surface area contributed by atoms with Crippen LogP contribution in [0.4, 0.5) is 0 Å². The molecule has 0 bridgehead atoms. The molecule has 2 aromatic rings. The summed E-state index contributed by atoms with van der Waals surface area (Å²) in [5, 5.41) is 17.0. The monoisotopic (exact) mass is 259 g/mol. The zero-order valence-corrected chi connectivity index (χ0v) is 11.1. The Kier molecular flexibility index (Phi) is 3.94. The Balaban J connectivity index is 2.48. The Bertz CT molecular complexity index is 563. The molecule has 0 saturated carbocycles. The van der Waals surface area contributed by atoms with E-state index in [1.54, 1.807) is 4.68 Å². The summed E-state index contributed by atoms with van der Waals surface area (Å²) in [6, 6.07) is 9.40. The molecule has 0 saturated heterocycles. The first-order chi connectivity index (χ1) is 9.13. The van der Waals surface area contributed by atoms with E-state index in [4.69, 9.17) is 0 Å². The van der Waals surface area contributed by atoms with E-state index in [-0.39, 0.29) is 5.69 Å². The van der Waals surface area contributed by atoms with Gasteiger partial charge in [-0.1, -0.05) is 55.8 Å². The largest absolute Gasteiger partial charge is 0.476 e. The fourth-order valence-electron chi connectivity index (χ4n) is 1.89. The van der Waals surface area contributed by atoms with Gasteiger partial charge in [0.05, 0.1) is 0 Å². The SMILES string of the molecule is CCC(C)Cn1nnc(C(=O)O)c1-c1ccccc1. The first-order valence-electron chi connectivity index (χ1n) is 6.35. The van der Waals surface area contributed by atoms with E-state index in [9.17, 15) is 9.90 Å². The second-order valence-corrected chi connectivity index (χ2v) is 4.65. The molecule has 0 amide bonds. The first-order valence-corrected chi connectivity index (χ1v) is 6.35.